The van der Waals surface area contributed by atoms with Crippen molar-refractivity contribution in [1.82, 2.24) is 15.2 Å². The molecule has 1 amide bonds. The van der Waals surface area contributed by atoms with Crippen LogP contribution in [0.1, 0.15) is 16.8 Å². The summed E-state index contributed by atoms with van der Waals surface area (Å²) >= 11 is 0. The third-order valence-corrected chi connectivity index (χ3v) is 3.97. The fourth-order valence-corrected chi connectivity index (χ4v) is 2.53. The van der Waals surface area contributed by atoms with Crippen LogP contribution in [-0.4, -0.2) is 28.5 Å². The molecule has 0 unspecified atom stereocenters. The summed E-state index contributed by atoms with van der Waals surface area (Å²) in [4.78, 5) is 24.4. The van der Waals surface area contributed by atoms with E-state index in [9.17, 15) is 9.59 Å². The summed E-state index contributed by atoms with van der Waals surface area (Å²) in [5.74, 6) is 0.231. The summed E-state index contributed by atoms with van der Waals surface area (Å²) in [5, 5.41) is 6.86. The van der Waals surface area contributed by atoms with E-state index in [0.29, 0.717) is 17.0 Å². The number of nitrogens with one attached hydrogen (secondary N) is 2. The van der Waals surface area contributed by atoms with Crippen LogP contribution in [0, 0.1) is 13.8 Å². The first-order chi connectivity index (χ1) is 13.1. The van der Waals surface area contributed by atoms with Gasteiger partial charge in [0.15, 0.2) is 6.61 Å². The fourth-order valence-electron chi connectivity index (χ4n) is 2.53. The number of benzene rings is 2. The zero-order valence-corrected chi connectivity index (χ0v) is 15.1. The molecule has 1 aromatic heterocycles. The molecule has 2 N–H and O–H groups in total. The maximum absolute atomic E-state index is 12.5. The van der Waals surface area contributed by atoms with Crippen LogP contribution >= 0.6 is 0 Å². The van der Waals surface area contributed by atoms with Gasteiger partial charge in [0.2, 0.25) is 0 Å². The van der Waals surface area contributed by atoms with Gasteiger partial charge in [0.1, 0.15) is 5.75 Å². The van der Waals surface area contributed by atoms with E-state index in [1.165, 1.54) is 10.9 Å². The van der Waals surface area contributed by atoms with Gasteiger partial charge < -0.3 is 4.74 Å². The number of nitrogens with zero attached hydrogens (tertiary/aromatic N) is 2. The number of aryl methyl sites for hydroxylation is 2. The highest BCUT2D eigenvalue weighted by molar-refractivity contribution is 5.83. The zero-order valence-electron chi connectivity index (χ0n) is 15.1. The van der Waals surface area contributed by atoms with Gasteiger partial charge >= 0.3 is 0 Å². The number of carbonyl (C=O) groups excluding carboxylic acids is 1. The van der Waals surface area contributed by atoms with Crippen molar-refractivity contribution in [3.63, 3.8) is 0 Å². The van der Waals surface area contributed by atoms with E-state index in [1.807, 2.05) is 55.5 Å². The summed E-state index contributed by atoms with van der Waals surface area (Å²) in [5.41, 5.74) is 4.82. The van der Waals surface area contributed by atoms with E-state index < -0.39 is 5.91 Å². The van der Waals surface area contributed by atoms with Gasteiger partial charge in [-0.05, 0) is 37.6 Å². The minimum Gasteiger partial charge on any atom is -0.483 e. The van der Waals surface area contributed by atoms with E-state index >= 15 is 0 Å². The molecule has 0 bridgehead atoms. The van der Waals surface area contributed by atoms with Crippen LogP contribution in [0.5, 0.6) is 5.75 Å². The van der Waals surface area contributed by atoms with Gasteiger partial charge in [0.25, 0.3) is 11.5 Å². The first-order valence-electron chi connectivity index (χ1n) is 8.43. The summed E-state index contributed by atoms with van der Waals surface area (Å²) < 4.78 is 6.88. The first-order valence-corrected chi connectivity index (χ1v) is 8.43. The molecular weight excluding hydrogens is 344 g/mol. The molecule has 0 aliphatic carbocycles. The number of aromatic nitrogens is 2. The van der Waals surface area contributed by atoms with Crippen LogP contribution < -0.4 is 15.7 Å². The molecule has 0 saturated heterocycles. The van der Waals surface area contributed by atoms with Crippen molar-refractivity contribution in [3.05, 3.63) is 81.8 Å². The number of para-hydroxylation sites is 2. The Morgan fingerprint density at radius 2 is 1.85 bits per heavy atom. The number of amides is 1. The average Bonchev–Trinajstić information content (AvgIpc) is 2.96. The molecule has 1 heterocycles. The van der Waals surface area contributed by atoms with Gasteiger partial charge in [-0.2, -0.15) is 5.10 Å². The lowest BCUT2D eigenvalue weighted by Crippen LogP contribution is -2.25. The van der Waals surface area contributed by atoms with E-state index in [4.69, 9.17) is 4.74 Å². The lowest BCUT2D eigenvalue weighted by molar-refractivity contribution is -0.123. The monoisotopic (exact) mass is 364 g/mol. The highest BCUT2D eigenvalue weighted by Crippen LogP contribution is 2.15. The minimum absolute atomic E-state index is 0.164. The second-order valence-electron chi connectivity index (χ2n) is 5.97. The second kappa shape index (κ2) is 8.18. The molecule has 7 heteroatoms. The molecular formula is C20H20N4O3. The Bertz CT molecular complexity index is 1020. The van der Waals surface area contributed by atoms with Gasteiger partial charge in [0.05, 0.1) is 17.5 Å². The van der Waals surface area contributed by atoms with Crippen LogP contribution in [0.4, 0.5) is 0 Å². The van der Waals surface area contributed by atoms with Gasteiger partial charge in [-0.1, -0.05) is 36.4 Å². The van der Waals surface area contributed by atoms with Gasteiger partial charge in [-0.25, -0.2) is 10.1 Å². The Labute approximate surface area is 156 Å². The molecule has 0 spiro atoms. The largest absolute Gasteiger partial charge is 0.483 e. The number of ether oxygens (including phenoxy) is 1. The number of hydrazone groups is 1. The predicted octanol–water partition coefficient (Wildman–Crippen LogP) is 2.31. The summed E-state index contributed by atoms with van der Waals surface area (Å²) in [7, 11) is 0. The highest BCUT2D eigenvalue weighted by atomic mass is 16.5. The summed E-state index contributed by atoms with van der Waals surface area (Å²) in [6.07, 6.45) is 1.33. The summed E-state index contributed by atoms with van der Waals surface area (Å²) in [6, 6.07) is 16.6. The van der Waals surface area contributed by atoms with Crippen molar-refractivity contribution in [2.24, 2.45) is 5.10 Å². The third-order valence-electron chi connectivity index (χ3n) is 3.97. The predicted molar refractivity (Wildman–Crippen MR) is 104 cm³/mol. The molecule has 27 heavy (non-hydrogen) atoms. The van der Waals surface area contributed by atoms with Crippen LogP contribution in [-0.2, 0) is 4.79 Å². The Hall–Kier alpha value is -3.61. The average molecular weight is 364 g/mol. The van der Waals surface area contributed by atoms with Crippen molar-refractivity contribution >= 4 is 12.1 Å². The molecule has 0 aliphatic rings. The smallest absolute Gasteiger partial charge is 0.280 e. The number of aromatic amines is 1. The van der Waals surface area contributed by atoms with Crippen molar-refractivity contribution in [2.45, 2.75) is 13.8 Å². The first kappa shape index (κ1) is 18.2. The number of hydrogen-bond acceptors (Lipinski definition) is 4. The van der Waals surface area contributed by atoms with E-state index in [1.54, 1.807) is 13.0 Å². The van der Waals surface area contributed by atoms with Crippen molar-refractivity contribution in [1.29, 1.82) is 0 Å². The molecule has 2 aromatic carbocycles. The normalized spacial score (nSPS) is 10.9. The number of hydrogen-bond donors (Lipinski definition) is 2. The number of rotatable bonds is 6. The minimum atomic E-state index is -0.411. The number of carbonyl (C=O) groups is 1. The third kappa shape index (κ3) is 4.33. The van der Waals surface area contributed by atoms with E-state index in [0.717, 1.165) is 11.3 Å². The second-order valence-corrected chi connectivity index (χ2v) is 5.97. The molecule has 3 aromatic rings. The van der Waals surface area contributed by atoms with Crippen LogP contribution in [0.3, 0.4) is 0 Å². The van der Waals surface area contributed by atoms with Crippen LogP contribution in [0.15, 0.2) is 64.5 Å². The zero-order chi connectivity index (χ0) is 19.2. The lowest BCUT2D eigenvalue weighted by atomic mass is 10.2. The van der Waals surface area contributed by atoms with E-state index in [2.05, 4.69) is 15.6 Å². The van der Waals surface area contributed by atoms with Gasteiger partial charge in [0, 0.05) is 5.69 Å². The molecule has 0 aliphatic heterocycles. The van der Waals surface area contributed by atoms with Crippen molar-refractivity contribution < 1.29 is 9.53 Å². The van der Waals surface area contributed by atoms with E-state index in [-0.39, 0.29) is 12.2 Å². The molecule has 3 rings (SSSR count). The molecule has 0 saturated carbocycles. The Kier molecular flexibility index (Phi) is 5.51. The standard InChI is InChI=1S/C20H20N4O3/c1-14-8-6-7-11-18(14)27-13-19(25)22-21-12-17-15(2)23-24(20(17)26)16-9-4-3-5-10-16/h3-12,23H,13H2,1-2H3,(H,22,25). The van der Waals surface area contributed by atoms with Crippen molar-refractivity contribution in [2.75, 3.05) is 6.61 Å². The highest BCUT2D eigenvalue weighted by Gasteiger charge is 2.10. The summed E-state index contributed by atoms with van der Waals surface area (Å²) in [6.45, 7) is 3.51. The topological polar surface area (TPSA) is 88.5 Å². The number of H-pyrrole nitrogens is 1. The lowest BCUT2D eigenvalue weighted by Gasteiger charge is -2.07. The van der Waals surface area contributed by atoms with Crippen LogP contribution in [0.2, 0.25) is 0 Å². The molecule has 7 nitrogen and oxygen atoms in total. The van der Waals surface area contributed by atoms with Crippen LogP contribution in [0.25, 0.3) is 5.69 Å². The maximum atomic E-state index is 12.5. The quantitative estimate of drug-likeness (QED) is 0.520. The maximum Gasteiger partial charge on any atom is 0.280 e. The Morgan fingerprint density at radius 1 is 1.15 bits per heavy atom. The molecule has 0 fully saturated rings. The SMILES string of the molecule is Cc1ccccc1OCC(=O)NN=Cc1c(C)[nH]n(-c2ccccc2)c1=O. The molecule has 0 atom stereocenters. The fraction of sp³-hybridized carbons (Fsp3) is 0.150. The molecule has 138 valence electrons. The van der Waals surface area contributed by atoms with Crippen molar-refractivity contribution in [3.8, 4) is 11.4 Å². The van der Waals surface area contributed by atoms with Gasteiger partial charge in [-0.15, -0.1) is 0 Å². The Balaban J connectivity index is 1.63. The molecule has 0 radical (unpaired) electrons. The van der Waals surface area contributed by atoms with Gasteiger partial charge in [-0.3, -0.25) is 14.7 Å². The Morgan fingerprint density at radius 3 is 2.59 bits per heavy atom.